The molecule has 2 saturated heterocycles. The first-order valence-corrected chi connectivity index (χ1v) is 7.47. The van der Waals surface area contributed by atoms with Crippen molar-refractivity contribution in [1.29, 1.82) is 0 Å². The SMILES string of the molecule is CCC[C@@H]1[C@H]2C(=O)ON1CN([C@@H](C)c1ccccc1)C2=O. The molecule has 21 heavy (non-hydrogen) atoms. The Labute approximate surface area is 124 Å². The van der Waals surface area contributed by atoms with E-state index in [1.807, 2.05) is 37.3 Å². The highest BCUT2D eigenvalue weighted by Crippen LogP contribution is 2.36. The van der Waals surface area contributed by atoms with Crippen LogP contribution in [0.5, 0.6) is 0 Å². The lowest BCUT2D eigenvalue weighted by molar-refractivity contribution is -0.189. The van der Waals surface area contributed by atoms with Crippen molar-refractivity contribution >= 4 is 11.9 Å². The Morgan fingerprint density at radius 1 is 1.29 bits per heavy atom. The summed E-state index contributed by atoms with van der Waals surface area (Å²) in [6, 6.07) is 9.68. The van der Waals surface area contributed by atoms with E-state index in [4.69, 9.17) is 4.84 Å². The van der Waals surface area contributed by atoms with Crippen LogP contribution in [-0.2, 0) is 14.4 Å². The number of hydrogen-bond acceptors (Lipinski definition) is 4. The third-order valence-corrected chi connectivity index (χ3v) is 4.39. The Morgan fingerprint density at radius 3 is 2.67 bits per heavy atom. The van der Waals surface area contributed by atoms with E-state index < -0.39 is 11.9 Å². The predicted octanol–water partition coefficient (Wildman–Crippen LogP) is 2.11. The van der Waals surface area contributed by atoms with Gasteiger partial charge in [0.2, 0.25) is 5.91 Å². The van der Waals surface area contributed by atoms with Crippen LogP contribution in [0, 0.1) is 5.92 Å². The summed E-state index contributed by atoms with van der Waals surface area (Å²) in [5.41, 5.74) is 1.06. The summed E-state index contributed by atoms with van der Waals surface area (Å²) in [7, 11) is 0. The summed E-state index contributed by atoms with van der Waals surface area (Å²) in [6.07, 6.45) is 1.73. The van der Waals surface area contributed by atoms with Crippen LogP contribution in [-0.4, -0.2) is 34.6 Å². The van der Waals surface area contributed by atoms with Gasteiger partial charge in [-0.1, -0.05) is 43.7 Å². The van der Waals surface area contributed by atoms with Gasteiger partial charge in [0.15, 0.2) is 5.92 Å². The van der Waals surface area contributed by atoms with Crippen LogP contribution in [0.4, 0.5) is 0 Å². The maximum absolute atomic E-state index is 12.7. The summed E-state index contributed by atoms with van der Waals surface area (Å²) in [4.78, 5) is 31.6. The first-order valence-electron chi connectivity index (χ1n) is 7.47. The third kappa shape index (κ3) is 2.31. The number of amides is 1. The number of carbonyl (C=O) groups excluding carboxylic acids is 2. The van der Waals surface area contributed by atoms with E-state index >= 15 is 0 Å². The average Bonchev–Trinajstić information content (AvgIpc) is 2.73. The number of fused-ring (bicyclic) bond motifs is 2. The van der Waals surface area contributed by atoms with Crippen LogP contribution in [0.25, 0.3) is 0 Å². The molecule has 1 unspecified atom stereocenters. The van der Waals surface area contributed by atoms with Gasteiger partial charge in [0.25, 0.3) is 0 Å². The molecule has 0 N–H and O–H groups in total. The largest absolute Gasteiger partial charge is 0.365 e. The Bertz CT molecular complexity index is 546. The van der Waals surface area contributed by atoms with Crippen molar-refractivity contribution in [2.24, 2.45) is 5.92 Å². The molecule has 0 spiro atoms. The van der Waals surface area contributed by atoms with Gasteiger partial charge in [-0.3, -0.25) is 4.79 Å². The van der Waals surface area contributed by atoms with E-state index in [0.29, 0.717) is 6.67 Å². The maximum atomic E-state index is 12.7. The number of hydroxylamine groups is 2. The third-order valence-electron chi connectivity index (χ3n) is 4.39. The Hall–Kier alpha value is -1.88. The summed E-state index contributed by atoms with van der Waals surface area (Å²) in [6.45, 7) is 4.38. The summed E-state index contributed by atoms with van der Waals surface area (Å²) in [5, 5.41) is 1.68. The van der Waals surface area contributed by atoms with E-state index in [2.05, 4.69) is 6.92 Å². The summed E-state index contributed by atoms with van der Waals surface area (Å²) in [5.74, 6) is -1.17. The lowest BCUT2D eigenvalue weighted by Gasteiger charge is -2.39. The standard InChI is InChI=1S/C16H20N2O3/c1-3-7-13-14-15(19)17(10-18(13)21-16(14)20)11(2)12-8-5-4-6-9-12/h4-6,8-9,11,13-14H,3,7,10H2,1-2H3/t11-,13+,14+/m0/s1. The predicted molar refractivity (Wildman–Crippen MR) is 76.7 cm³/mol. The van der Waals surface area contributed by atoms with Crippen molar-refractivity contribution in [3.05, 3.63) is 35.9 Å². The number of benzene rings is 1. The minimum atomic E-state index is -0.662. The van der Waals surface area contributed by atoms with Crippen LogP contribution >= 0.6 is 0 Å². The van der Waals surface area contributed by atoms with Gasteiger partial charge >= 0.3 is 5.97 Å². The minimum Gasteiger partial charge on any atom is -0.365 e. The molecular formula is C16H20N2O3. The molecule has 2 heterocycles. The summed E-state index contributed by atoms with van der Waals surface area (Å²) < 4.78 is 0. The van der Waals surface area contributed by atoms with Crippen molar-refractivity contribution in [2.45, 2.75) is 38.8 Å². The number of carbonyl (C=O) groups is 2. The quantitative estimate of drug-likeness (QED) is 0.796. The molecule has 2 fully saturated rings. The zero-order chi connectivity index (χ0) is 15.0. The molecule has 0 saturated carbocycles. The molecule has 1 aromatic rings. The molecule has 2 aliphatic rings. The normalized spacial score (nSPS) is 29.4. The first kappa shape index (κ1) is 14.1. The molecular weight excluding hydrogens is 268 g/mol. The number of nitrogens with zero attached hydrogens (tertiary/aromatic N) is 2. The van der Waals surface area contributed by atoms with Gasteiger partial charge in [-0.05, 0) is 18.9 Å². The fourth-order valence-corrected chi connectivity index (χ4v) is 3.19. The summed E-state index contributed by atoms with van der Waals surface area (Å²) >= 11 is 0. The maximum Gasteiger partial charge on any atom is 0.339 e. The van der Waals surface area contributed by atoms with Crippen molar-refractivity contribution < 1.29 is 14.4 Å². The topological polar surface area (TPSA) is 49.9 Å². The van der Waals surface area contributed by atoms with E-state index in [9.17, 15) is 9.59 Å². The second-order valence-corrected chi connectivity index (χ2v) is 5.70. The monoisotopic (exact) mass is 288 g/mol. The van der Waals surface area contributed by atoms with Crippen molar-refractivity contribution in [2.75, 3.05) is 6.67 Å². The molecule has 5 nitrogen and oxygen atoms in total. The van der Waals surface area contributed by atoms with E-state index in [0.717, 1.165) is 18.4 Å². The van der Waals surface area contributed by atoms with E-state index in [-0.39, 0.29) is 18.0 Å². The molecule has 1 aromatic carbocycles. The molecule has 5 heteroatoms. The van der Waals surface area contributed by atoms with Crippen LogP contribution in [0.2, 0.25) is 0 Å². The molecule has 0 radical (unpaired) electrons. The van der Waals surface area contributed by atoms with Crippen molar-refractivity contribution in [3.63, 3.8) is 0 Å². The molecule has 3 rings (SSSR count). The zero-order valence-electron chi connectivity index (χ0n) is 12.4. The lowest BCUT2D eigenvalue weighted by atomic mass is 9.92. The Morgan fingerprint density at radius 2 is 2.00 bits per heavy atom. The highest BCUT2D eigenvalue weighted by atomic mass is 16.7. The van der Waals surface area contributed by atoms with Gasteiger partial charge in [0.05, 0.1) is 12.1 Å². The lowest BCUT2D eigenvalue weighted by Crippen LogP contribution is -2.54. The fraction of sp³-hybridized carbons (Fsp3) is 0.500. The molecule has 112 valence electrons. The second kappa shape index (κ2) is 5.48. The molecule has 1 amide bonds. The van der Waals surface area contributed by atoms with E-state index in [1.54, 1.807) is 9.96 Å². The van der Waals surface area contributed by atoms with Crippen LogP contribution in [0.15, 0.2) is 30.3 Å². The van der Waals surface area contributed by atoms with Gasteiger partial charge < -0.3 is 9.74 Å². The van der Waals surface area contributed by atoms with Crippen molar-refractivity contribution in [3.8, 4) is 0 Å². The second-order valence-electron chi connectivity index (χ2n) is 5.70. The highest BCUT2D eigenvalue weighted by Gasteiger charge is 2.54. The molecule has 4 atom stereocenters. The Kier molecular flexibility index (Phi) is 3.68. The minimum absolute atomic E-state index is 0.0687. The van der Waals surface area contributed by atoms with Gasteiger partial charge in [-0.2, -0.15) is 0 Å². The first-order chi connectivity index (χ1) is 10.1. The van der Waals surface area contributed by atoms with Gasteiger partial charge in [0.1, 0.15) is 6.67 Å². The molecule has 2 bridgehead atoms. The fourth-order valence-electron chi connectivity index (χ4n) is 3.19. The zero-order valence-corrected chi connectivity index (χ0v) is 12.4. The number of hydrogen-bond donors (Lipinski definition) is 0. The van der Waals surface area contributed by atoms with Gasteiger partial charge in [0, 0.05) is 0 Å². The van der Waals surface area contributed by atoms with E-state index in [1.165, 1.54) is 0 Å². The van der Waals surface area contributed by atoms with Crippen LogP contribution < -0.4 is 0 Å². The smallest absolute Gasteiger partial charge is 0.339 e. The number of rotatable bonds is 4. The molecule has 2 aliphatic heterocycles. The Balaban J connectivity index is 1.84. The van der Waals surface area contributed by atoms with Crippen LogP contribution in [0.3, 0.4) is 0 Å². The molecule has 0 aliphatic carbocycles. The van der Waals surface area contributed by atoms with Gasteiger partial charge in [-0.25, -0.2) is 4.79 Å². The highest BCUT2D eigenvalue weighted by molar-refractivity contribution is 6.00. The van der Waals surface area contributed by atoms with Crippen molar-refractivity contribution in [1.82, 2.24) is 9.96 Å². The van der Waals surface area contributed by atoms with Gasteiger partial charge in [-0.15, -0.1) is 5.06 Å². The average molecular weight is 288 g/mol. The van der Waals surface area contributed by atoms with Crippen LogP contribution in [0.1, 0.15) is 38.3 Å². The molecule has 0 aromatic heterocycles.